The van der Waals surface area contributed by atoms with E-state index in [1.807, 2.05) is 13.0 Å². The molecule has 0 heterocycles. The summed E-state index contributed by atoms with van der Waals surface area (Å²) in [7, 11) is 0.795. The van der Waals surface area contributed by atoms with Crippen molar-refractivity contribution in [3.63, 3.8) is 0 Å². The van der Waals surface area contributed by atoms with E-state index in [-0.39, 0.29) is 17.1 Å². The normalized spacial score (nSPS) is 15.4. The summed E-state index contributed by atoms with van der Waals surface area (Å²) >= 11 is 0. The zero-order chi connectivity index (χ0) is 26.3. The van der Waals surface area contributed by atoms with Crippen molar-refractivity contribution in [2.24, 2.45) is 5.92 Å². The van der Waals surface area contributed by atoms with Crippen LogP contribution in [0.5, 0.6) is 11.5 Å². The zero-order valence-corrected chi connectivity index (χ0v) is 20.4. The van der Waals surface area contributed by atoms with Crippen LogP contribution in [0.3, 0.4) is 0 Å². The summed E-state index contributed by atoms with van der Waals surface area (Å²) in [6.45, 7) is 7.17. The molecule has 0 saturated carbocycles. The van der Waals surface area contributed by atoms with Gasteiger partial charge in [0.2, 0.25) is 5.60 Å². The molecule has 0 saturated heterocycles. The highest BCUT2D eigenvalue weighted by molar-refractivity contribution is 6.14. The van der Waals surface area contributed by atoms with Gasteiger partial charge in [-0.3, -0.25) is 9.59 Å². The van der Waals surface area contributed by atoms with Crippen LogP contribution in [0.2, 0.25) is 0 Å². The van der Waals surface area contributed by atoms with Crippen molar-refractivity contribution < 1.29 is 37.7 Å². The lowest BCUT2D eigenvalue weighted by Crippen LogP contribution is -2.54. The number of alkyl halides is 3. The smallest absolute Gasteiger partial charge is 0.424 e. The highest BCUT2D eigenvalue weighted by Gasteiger charge is 2.59. The molecule has 5 nitrogen and oxygen atoms in total. The van der Waals surface area contributed by atoms with Crippen LogP contribution in [0.15, 0.2) is 53.1 Å². The molecule has 0 aliphatic carbocycles. The molecule has 0 spiro atoms. The molecular formula is C26H33F3O5. The molecular weight excluding hydrogens is 449 g/mol. The molecule has 1 aromatic rings. The minimum Gasteiger partial charge on any atom is -0.508 e. The number of Topliss-reactive ketones (excluding diaryl/α,β-unsaturated/α-hetero) is 2. The summed E-state index contributed by atoms with van der Waals surface area (Å²) in [5.41, 5.74) is -0.851. The lowest BCUT2D eigenvalue weighted by Gasteiger charge is -2.31. The number of halogens is 3. The minimum atomic E-state index is -4.98. The number of methoxy groups -OCH3 is 1. The largest absolute Gasteiger partial charge is 0.508 e. The SMILES string of the molecule is CO[C@@](C)(C(=O)[C@H](C=C(C)C)C(=O)/C(C)=C/CC/C(C)=C/Cc1cc(O)ccc1O)C(F)(F)F. The van der Waals surface area contributed by atoms with Gasteiger partial charge in [0.25, 0.3) is 0 Å². The second-order valence-electron chi connectivity index (χ2n) is 8.68. The fraction of sp³-hybridized carbons (Fsp3) is 0.462. The van der Waals surface area contributed by atoms with Crippen LogP contribution < -0.4 is 0 Å². The van der Waals surface area contributed by atoms with Gasteiger partial charge in [-0.1, -0.05) is 29.4 Å². The van der Waals surface area contributed by atoms with Crippen molar-refractivity contribution >= 4 is 11.6 Å². The number of hydrogen-bond acceptors (Lipinski definition) is 5. The molecule has 0 bridgehead atoms. The quantitative estimate of drug-likeness (QED) is 0.175. The van der Waals surface area contributed by atoms with Crippen LogP contribution in [0.1, 0.15) is 53.0 Å². The fourth-order valence-electron chi connectivity index (χ4n) is 3.24. The summed E-state index contributed by atoms with van der Waals surface area (Å²) in [5.74, 6) is -3.56. The van der Waals surface area contributed by atoms with Gasteiger partial charge >= 0.3 is 6.18 Å². The van der Waals surface area contributed by atoms with Gasteiger partial charge < -0.3 is 14.9 Å². The second kappa shape index (κ2) is 12.0. The first-order valence-electron chi connectivity index (χ1n) is 10.8. The Labute approximate surface area is 198 Å². The summed E-state index contributed by atoms with van der Waals surface area (Å²) in [6, 6.07) is 4.26. The Morgan fingerprint density at radius 2 is 1.71 bits per heavy atom. The Hall–Kier alpha value is -2.87. The number of carbonyl (C=O) groups excluding carboxylic acids is 2. The van der Waals surface area contributed by atoms with Crippen LogP contribution >= 0.6 is 0 Å². The van der Waals surface area contributed by atoms with Gasteiger partial charge in [0.15, 0.2) is 11.6 Å². The molecule has 1 rings (SSSR count). The molecule has 0 amide bonds. The third-order valence-corrected chi connectivity index (χ3v) is 5.60. The monoisotopic (exact) mass is 482 g/mol. The molecule has 0 fully saturated rings. The lowest BCUT2D eigenvalue weighted by molar-refractivity contribution is -0.253. The number of ether oxygens (including phenoxy) is 1. The molecule has 0 aromatic heterocycles. The van der Waals surface area contributed by atoms with E-state index >= 15 is 0 Å². The average molecular weight is 483 g/mol. The van der Waals surface area contributed by atoms with Crippen LogP contribution in [0.4, 0.5) is 13.2 Å². The first-order valence-corrected chi connectivity index (χ1v) is 10.8. The molecule has 34 heavy (non-hydrogen) atoms. The van der Waals surface area contributed by atoms with Gasteiger partial charge in [0.05, 0.1) is 0 Å². The molecule has 188 valence electrons. The second-order valence-corrected chi connectivity index (χ2v) is 8.68. The number of ketones is 2. The van der Waals surface area contributed by atoms with Crippen molar-refractivity contribution in [2.45, 2.75) is 65.7 Å². The van der Waals surface area contributed by atoms with Crippen molar-refractivity contribution in [3.05, 3.63) is 58.7 Å². The third-order valence-electron chi connectivity index (χ3n) is 5.60. The van der Waals surface area contributed by atoms with Gasteiger partial charge in [-0.05, 0) is 77.7 Å². The first kappa shape index (κ1) is 29.2. The third kappa shape index (κ3) is 7.58. The van der Waals surface area contributed by atoms with Gasteiger partial charge in [-0.15, -0.1) is 0 Å². The number of phenolic OH excluding ortho intramolecular Hbond substituents is 2. The number of carbonyl (C=O) groups is 2. The van der Waals surface area contributed by atoms with Crippen molar-refractivity contribution in [3.8, 4) is 11.5 Å². The molecule has 2 N–H and O–H groups in total. The van der Waals surface area contributed by atoms with E-state index in [9.17, 15) is 33.0 Å². The molecule has 1 aromatic carbocycles. The Balaban J connectivity index is 2.98. The number of phenols is 2. The Morgan fingerprint density at radius 1 is 1.09 bits per heavy atom. The fourth-order valence-corrected chi connectivity index (χ4v) is 3.24. The Kier molecular flexibility index (Phi) is 10.3. The molecule has 0 radical (unpaired) electrons. The summed E-state index contributed by atoms with van der Waals surface area (Å²) in [5, 5.41) is 19.4. The van der Waals surface area contributed by atoms with Gasteiger partial charge in [-0.25, -0.2) is 0 Å². The first-order chi connectivity index (χ1) is 15.6. The topological polar surface area (TPSA) is 83.8 Å². The van der Waals surface area contributed by atoms with E-state index in [4.69, 9.17) is 0 Å². The predicted molar refractivity (Wildman–Crippen MR) is 125 cm³/mol. The van der Waals surface area contributed by atoms with E-state index < -0.39 is 29.3 Å². The van der Waals surface area contributed by atoms with Gasteiger partial charge in [-0.2, -0.15) is 13.2 Å². The van der Waals surface area contributed by atoms with E-state index in [1.165, 1.54) is 31.2 Å². The van der Waals surface area contributed by atoms with Crippen molar-refractivity contribution in [2.75, 3.05) is 7.11 Å². The minimum absolute atomic E-state index is 0.0477. The molecule has 8 heteroatoms. The maximum Gasteiger partial charge on any atom is 0.424 e. The molecule has 0 unspecified atom stereocenters. The van der Waals surface area contributed by atoms with Crippen molar-refractivity contribution in [1.82, 2.24) is 0 Å². The van der Waals surface area contributed by atoms with E-state index in [0.717, 1.165) is 12.7 Å². The average Bonchev–Trinajstić information content (AvgIpc) is 2.75. The van der Waals surface area contributed by atoms with Crippen molar-refractivity contribution in [1.29, 1.82) is 0 Å². The highest BCUT2D eigenvalue weighted by atomic mass is 19.4. The number of hydrogen-bond donors (Lipinski definition) is 2. The van der Waals surface area contributed by atoms with Gasteiger partial charge in [0.1, 0.15) is 17.4 Å². The van der Waals surface area contributed by atoms with E-state index in [2.05, 4.69) is 4.74 Å². The predicted octanol–water partition coefficient (Wildman–Crippen LogP) is 6.00. The van der Waals surface area contributed by atoms with E-state index in [0.29, 0.717) is 37.3 Å². The maximum absolute atomic E-state index is 13.5. The van der Waals surface area contributed by atoms with Crippen LogP contribution in [-0.2, 0) is 20.7 Å². The van der Waals surface area contributed by atoms with Gasteiger partial charge in [0, 0.05) is 12.7 Å². The van der Waals surface area contributed by atoms with Crippen LogP contribution in [-0.4, -0.2) is 40.7 Å². The summed E-state index contributed by atoms with van der Waals surface area (Å²) < 4.78 is 45.1. The number of allylic oxidation sites excluding steroid dienone is 6. The van der Waals surface area contributed by atoms with E-state index in [1.54, 1.807) is 19.9 Å². The molecule has 0 aliphatic rings. The number of aromatic hydroxyl groups is 2. The summed E-state index contributed by atoms with van der Waals surface area (Å²) in [6.07, 6.45) is 1.13. The number of rotatable bonds is 11. The molecule has 2 atom stereocenters. The Bertz CT molecular complexity index is 985. The lowest BCUT2D eigenvalue weighted by atomic mass is 9.83. The van der Waals surface area contributed by atoms with Crippen LogP contribution in [0, 0.1) is 5.92 Å². The molecule has 0 aliphatic heterocycles. The Morgan fingerprint density at radius 3 is 2.24 bits per heavy atom. The zero-order valence-electron chi connectivity index (χ0n) is 20.4. The van der Waals surface area contributed by atoms with Crippen LogP contribution in [0.25, 0.3) is 0 Å². The standard InChI is InChI=1S/C26H33F3O5/c1-16(2)14-21(24(33)25(5,34-6)26(27,28)29)23(32)18(4)9-7-8-17(3)10-11-19-15-20(30)12-13-22(19)31/h9-10,12-15,21,30-31H,7-8,11H2,1-6H3/b17-10+,18-9+/t21-,25+/m1/s1. The summed E-state index contributed by atoms with van der Waals surface area (Å²) in [4.78, 5) is 25.7. The number of benzene rings is 1. The maximum atomic E-state index is 13.5. The highest BCUT2D eigenvalue weighted by Crippen LogP contribution is 2.36.